The van der Waals surface area contributed by atoms with Gasteiger partial charge in [0.25, 0.3) is 0 Å². The molecule has 0 amide bonds. The van der Waals surface area contributed by atoms with Crippen molar-refractivity contribution in [3.63, 3.8) is 0 Å². The Labute approximate surface area is 113 Å². The second-order valence-corrected chi connectivity index (χ2v) is 4.66. The van der Waals surface area contributed by atoms with E-state index < -0.39 is 6.10 Å². The first-order valence-electron chi connectivity index (χ1n) is 5.39. The number of aliphatic hydroxyl groups excluding tert-OH is 1. The van der Waals surface area contributed by atoms with Crippen molar-refractivity contribution in [3.05, 3.63) is 63.9 Å². The highest BCUT2D eigenvalue weighted by atomic mass is 79.9. The fourth-order valence-corrected chi connectivity index (χ4v) is 2.25. The first-order valence-corrected chi connectivity index (χ1v) is 6.18. The zero-order valence-electron chi connectivity index (χ0n) is 9.73. The fourth-order valence-electron chi connectivity index (χ4n) is 1.78. The number of hydrogen-bond acceptors (Lipinski definition) is 2. The van der Waals surface area contributed by atoms with Gasteiger partial charge in [-0.25, -0.2) is 4.39 Å². The van der Waals surface area contributed by atoms with Crippen molar-refractivity contribution >= 4 is 15.9 Å². The van der Waals surface area contributed by atoms with Gasteiger partial charge in [-0.2, -0.15) is 0 Å². The lowest BCUT2D eigenvalue weighted by Crippen LogP contribution is -2.03. The molecule has 18 heavy (non-hydrogen) atoms. The van der Waals surface area contributed by atoms with Crippen LogP contribution in [0.3, 0.4) is 0 Å². The lowest BCUT2D eigenvalue weighted by molar-refractivity contribution is 0.213. The SMILES string of the molecule is COc1ccccc1C(O)c1cc(F)ccc1Br. The van der Waals surface area contributed by atoms with E-state index in [0.29, 0.717) is 21.3 Å². The third-order valence-electron chi connectivity index (χ3n) is 2.69. The Balaban J connectivity index is 2.47. The van der Waals surface area contributed by atoms with E-state index in [0.717, 1.165) is 0 Å². The molecule has 0 spiro atoms. The van der Waals surface area contributed by atoms with Gasteiger partial charge < -0.3 is 9.84 Å². The number of methoxy groups -OCH3 is 1. The molecule has 0 saturated heterocycles. The maximum absolute atomic E-state index is 13.2. The predicted molar refractivity (Wildman–Crippen MR) is 71.2 cm³/mol. The number of halogens is 2. The van der Waals surface area contributed by atoms with Gasteiger partial charge in [0.05, 0.1) is 7.11 Å². The summed E-state index contributed by atoms with van der Waals surface area (Å²) in [5.41, 5.74) is 1.07. The second kappa shape index (κ2) is 5.50. The molecule has 1 N–H and O–H groups in total. The smallest absolute Gasteiger partial charge is 0.125 e. The largest absolute Gasteiger partial charge is 0.496 e. The average molecular weight is 311 g/mol. The van der Waals surface area contributed by atoms with E-state index in [4.69, 9.17) is 4.74 Å². The van der Waals surface area contributed by atoms with Crippen LogP contribution in [0.2, 0.25) is 0 Å². The summed E-state index contributed by atoms with van der Waals surface area (Å²) in [4.78, 5) is 0. The van der Waals surface area contributed by atoms with Crippen LogP contribution in [-0.4, -0.2) is 12.2 Å². The van der Waals surface area contributed by atoms with Gasteiger partial charge in [-0.15, -0.1) is 0 Å². The summed E-state index contributed by atoms with van der Waals surface area (Å²) < 4.78 is 19.1. The number of ether oxygens (including phenoxy) is 1. The molecule has 4 heteroatoms. The summed E-state index contributed by atoms with van der Waals surface area (Å²) in [6.45, 7) is 0. The normalized spacial score (nSPS) is 12.2. The summed E-state index contributed by atoms with van der Waals surface area (Å²) in [6.07, 6.45) is -0.939. The van der Waals surface area contributed by atoms with Crippen molar-refractivity contribution in [3.8, 4) is 5.75 Å². The summed E-state index contributed by atoms with van der Waals surface area (Å²) in [5, 5.41) is 10.3. The quantitative estimate of drug-likeness (QED) is 0.937. The summed E-state index contributed by atoms with van der Waals surface area (Å²) in [6, 6.07) is 11.3. The molecule has 2 aromatic rings. The molecule has 0 heterocycles. The van der Waals surface area contributed by atoms with Crippen molar-refractivity contribution in [2.45, 2.75) is 6.10 Å². The van der Waals surface area contributed by atoms with Gasteiger partial charge in [-0.1, -0.05) is 34.1 Å². The molecular formula is C14H12BrFO2. The van der Waals surface area contributed by atoms with E-state index in [1.807, 2.05) is 6.07 Å². The predicted octanol–water partition coefficient (Wildman–Crippen LogP) is 3.68. The van der Waals surface area contributed by atoms with Crippen LogP contribution < -0.4 is 4.74 Å². The van der Waals surface area contributed by atoms with Crippen LogP contribution in [0.25, 0.3) is 0 Å². The monoisotopic (exact) mass is 310 g/mol. The molecule has 0 saturated carbocycles. The fraction of sp³-hybridized carbons (Fsp3) is 0.143. The number of para-hydroxylation sites is 1. The van der Waals surface area contributed by atoms with Crippen LogP contribution >= 0.6 is 15.9 Å². The Kier molecular flexibility index (Phi) is 3.99. The highest BCUT2D eigenvalue weighted by Gasteiger charge is 2.17. The Morgan fingerprint density at radius 3 is 2.61 bits per heavy atom. The molecule has 2 aromatic carbocycles. The minimum absolute atomic E-state index is 0.387. The summed E-state index contributed by atoms with van der Waals surface area (Å²) >= 11 is 3.31. The Bertz CT molecular complexity index is 557. The first kappa shape index (κ1) is 13.1. The van der Waals surface area contributed by atoms with Gasteiger partial charge in [0.1, 0.15) is 17.7 Å². The summed E-state index contributed by atoms with van der Waals surface area (Å²) in [5.74, 6) is 0.184. The standard InChI is InChI=1S/C14H12BrFO2/c1-18-13-5-3-2-4-10(13)14(17)11-8-9(16)6-7-12(11)15/h2-8,14,17H,1H3. The van der Waals surface area contributed by atoms with Gasteiger partial charge in [0, 0.05) is 15.6 Å². The zero-order valence-corrected chi connectivity index (χ0v) is 11.3. The molecule has 0 radical (unpaired) electrons. The van der Waals surface area contributed by atoms with Crippen LogP contribution in [0.5, 0.6) is 5.75 Å². The molecule has 0 aliphatic rings. The Morgan fingerprint density at radius 1 is 1.17 bits per heavy atom. The average Bonchev–Trinajstić information content (AvgIpc) is 2.40. The molecule has 0 bridgehead atoms. The van der Waals surface area contributed by atoms with E-state index in [1.54, 1.807) is 24.3 Å². The molecule has 2 nitrogen and oxygen atoms in total. The van der Waals surface area contributed by atoms with E-state index in [2.05, 4.69) is 15.9 Å². The number of aliphatic hydroxyl groups is 1. The third kappa shape index (κ3) is 2.54. The van der Waals surface area contributed by atoms with E-state index in [9.17, 15) is 9.50 Å². The van der Waals surface area contributed by atoms with Crippen molar-refractivity contribution in [2.75, 3.05) is 7.11 Å². The molecular weight excluding hydrogens is 299 g/mol. The van der Waals surface area contributed by atoms with Gasteiger partial charge in [-0.3, -0.25) is 0 Å². The minimum Gasteiger partial charge on any atom is -0.496 e. The minimum atomic E-state index is -0.939. The van der Waals surface area contributed by atoms with Crippen molar-refractivity contribution in [1.82, 2.24) is 0 Å². The molecule has 1 unspecified atom stereocenters. The second-order valence-electron chi connectivity index (χ2n) is 3.81. The molecule has 0 fully saturated rings. The Hall–Kier alpha value is -1.39. The molecule has 94 valence electrons. The lowest BCUT2D eigenvalue weighted by Gasteiger charge is -2.16. The van der Waals surface area contributed by atoms with Crippen LogP contribution in [0.4, 0.5) is 4.39 Å². The van der Waals surface area contributed by atoms with Gasteiger partial charge >= 0.3 is 0 Å². The summed E-state index contributed by atoms with van der Waals surface area (Å²) in [7, 11) is 1.53. The molecule has 0 aromatic heterocycles. The topological polar surface area (TPSA) is 29.5 Å². The van der Waals surface area contributed by atoms with Gasteiger partial charge in [0.2, 0.25) is 0 Å². The van der Waals surface area contributed by atoms with Crippen LogP contribution in [0.15, 0.2) is 46.9 Å². The van der Waals surface area contributed by atoms with Crippen molar-refractivity contribution < 1.29 is 14.2 Å². The maximum Gasteiger partial charge on any atom is 0.125 e. The number of benzene rings is 2. The maximum atomic E-state index is 13.2. The van der Waals surface area contributed by atoms with Crippen molar-refractivity contribution in [1.29, 1.82) is 0 Å². The third-order valence-corrected chi connectivity index (χ3v) is 3.41. The molecule has 0 aliphatic carbocycles. The van der Waals surface area contributed by atoms with E-state index in [1.165, 1.54) is 19.2 Å². The molecule has 1 atom stereocenters. The number of hydrogen-bond donors (Lipinski definition) is 1. The van der Waals surface area contributed by atoms with Crippen LogP contribution in [0.1, 0.15) is 17.2 Å². The molecule has 2 rings (SSSR count). The van der Waals surface area contributed by atoms with Gasteiger partial charge in [-0.05, 0) is 24.3 Å². The number of rotatable bonds is 3. The van der Waals surface area contributed by atoms with Crippen molar-refractivity contribution in [2.24, 2.45) is 0 Å². The van der Waals surface area contributed by atoms with Crippen LogP contribution in [0, 0.1) is 5.82 Å². The highest BCUT2D eigenvalue weighted by molar-refractivity contribution is 9.10. The van der Waals surface area contributed by atoms with Crippen LogP contribution in [-0.2, 0) is 0 Å². The Morgan fingerprint density at radius 2 is 1.89 bits per heavy atom. The zero-order chi connectivity index (χ0) is 13.1. The highest BCUT2D eigenvalue weighted by Crippen LogP contribution is 2.33. The van der Waals surface area contributed by atoms with Gasteiger partial charge in [0.15, 0.2) is 0 Å². The first-order chi connectivity index (χ1) is 8.63. The van der Waals surface area contributed by atoms with E-state index in [-0.39, 0.29) is 5.82 Å². The van der Waals surface area contributed by atoms with E-state index >= 15 is 0 Å². The lowest BCUT2D eigenvalue weighted by atomic mass is 10.0. The molecule has 0 aliphatic heterocycles.